The van der Waals surface area contributed by atoms with Crippen LogP contribution in [-0.2, 0) is 7.05 Å². The Labute approximate surface area is 187 Å². The van der Waals surface area contributed by atoms with E-state index in [9.17, 15) is 14.4 Å². The van der Waals surface area contributed by atoms with E-state index in [1.807, 2.05) is 28.8 Å². The van der Waals surface area contributed by atoms with Gasteiger partial charge >= 0.3 is 0 Å². The highest BCUT2D eigenvalue weighted by molar-refractivity contribution is 6.06. The molecular formula is C24H18N6O3. The number of imidazole rings is 1. The molecule has 162 valence electrons. The molecule has 33 heavy (non-hydrogen) atoms. The molecule has 0 unspecified atom stereocenters. The third-order valence-electron chi connectivity index (χ3n) is 5.32. The van der Waals surface area contributed by atoms with Gasteiger partial charge in [0.2, 0.25) is 0 Å². The number of para-hydroxylation sites is 2. The Hall–Kier alpha value is -4.79. The van der Waals surface area contributed by atoms with Crippen LogP contribution in [0.5, 0.6) is 0 Å². The van der Waals surface area contributed by atoms with E-state index >= 15 is 0 Å². The Morgan fingerprint density at radius 2 is 1.48 bits per heavy atom. The second-order valence-corrected chi connectivity index (χ2v) is 7.38. The molecule has 2 amide bonds. The largest absolute Gasteiger partial charge is 0.299 e. The first kappa shape index (κ1) is 20.1. The van der Waals surface area contributed by atoms with Crippen molar-refractivity contribution >= 4 is 33.6 Å². The monoisotopic (exact) mass is 438 g/mol. The van der Waals surface area contributed by atoms with Crippen molar-refractivity contribution in [3.05, 3.63) is 101 Å². The summed E-state index contributed by atoms with van der Waals surface area (Å²) in [5.74, 6) is -1.11. The number of nitrogens with one attached hydrogen (secondary N) is 2. The molecule has 9 heteroatoms. The van der Waals surface area contributed by atoms with Gasteiger partial charge in [-0.25, -0.2) is 9.67 Å². The minimum atomic E-state index is -0.628. The summed E-state index contributed by atoms with van der Waals surface area (Å²) in [5.41, 5.74) is 7.54. The first-order valence-electron chi connectivity index (χ1n) is 10.1. The predicted octanol–water partition coefficient (Wildman–Crippen LogP) is 2.35. The highest BCUT2D eigenvalue weighted by Gasteiger charge is 2.16. The molecule has 3 aromatic carbocycles. The number of benzene rings is 3. The van der Waals surface area contributed by atoms with E-state index < -0.39 is 11.8 Å². The normalized spacial score (nSPS) is 10.9. The molecule has 0 fully saturated rings. The fourth-order valence-corrected chi connectivity index (χ4v) is 3.65. The van der Waals surface area contributed by atoms with Gasteiger partial charge in [-0.3, -0.25) is 29.8 Å². The Balaban J connectivity index is 1.33. The summed E-state index contributed by atoms with van der Waals surface area (Å²) in [6, 6.07) is 21.4. The molecule has 0 saturated carbocycles. The molecule has 0 aliphatic heterocycles. The van der Waals surface area contributed by atoms with Gasteiger partial charge in [-0.05, 0) is 42.5 Å². The third-order valence-corrected chi connectivity index (χ3v) is 5.32. The number of rotatable bonds is 3. The van der Waals surface area contributed by atoms with Crippen LogP contribution in [0.25, 0.3) is 27.5 Å². The fraction of sp³-hybridized carbons (Fsp3) is 0.0417. The average molecular weight is 438 g/mol. The Morgan fingerprint density at radius 3 is 2.27 bits per heavy atom. The van der Waals surface area contributed by atoms with Crippen LogP contribution in [0.4, 0.5) is 0 Å². The van der Waals surface area contributed by atoms with E-state index in [0.29, 0.717) is 16.3 Å². The van der Waals surface area contributed by atoms with Crippen molar-refractivity contribution in [2.45, 2.75) is 0 Å². The van der Waals surface area contributed by atoms with Crippen LogP contribution in [0.15, 0.2) is 83.9 Å². The van der Waals surface area contributed by atoms with E-state index in [-0.39, 0.29) is 11.3 Å². The van der Waals surface area contributed by atoms with Gasteiger partial charge in [-0.15, -0.1) is 0 Å². The standard InChI is InChI=1S/C24H18N6O3/c1-29-24(33)18-7-3-2-6-17(18)21(28-29)23(32)27-26-22(31)15-10-12-16(13-11-15)30-14-25-19-8-4-5-9-20(19)30/h2-14H,1H3,(H,26,31)(H,27,32). The minimum Gasteiger partial charge on any atom is -0.299 e. The maximum absolute atomic E-state index is 12.7. The molecule has 0 radical (unpaired) electrons. The summed E-state index contributed by atoms with van der Waals surface area (Å²) < 4.78 is 3.02. The van der Waals surface area contributed by atoms with E-state index in [4.69, 9.17) is 0 Å². The second kappa shape index (κ2) is 8.04. The van der Waals surface area contributed by atoms with Crippen LogP contribution >= 0.6 is 0 Å². The lowest BCUT2D eigenvalue weighted by molar-refractivity contribution is 0.0844. The zero-order chi connectivity index (χ0) is 22.9. The third kappa shape index (κ3) is 3.61. The highest BCUT2D eigenvalue weighted by Crippen LogP contribution is 2.18. The average Bonchev–Trinajstić information content (AvgIpc) is 3.29. The van der Waals surface area contributed by atoms with Crippen LogP contribution in [0.3, 0.4) is 0 Å². The number of hydrogen-bond acceptors (Lipinski definition) is 5. The van der Waals surface area contributed by atoms with Crippen molar-refractivity contribution in [2.24, 2.45) is 7.05 Å². The summed E-state index contributed by atoms with van der Waals surface area (Å²) in [6.45, 7) is 0. The van der Waals surface area contributed by atoms with Gasteiger partial charge in [0.25, 0.3) is 17.4 Å². The summed E-state index contributed by atoms with van der Waals surface area (Å²) >= 11 is 0. The zero-order valence-corrected chi connectivity index (χ0v) is 17.5. The molecule has 0 bridgehead atoms. The highest BCUT2D eigenvalue weighted by atomic mass is 16.2. The van der Waals surface area contributed by atoms with Crippen molar-refractivity contribution in [1.82, 2.24) is 30.2 Å². The number of carbonyl (C=O) groups is 2. The molecule has 0 atom stereocenters. The van der Waals surface area contributed by atoms with Gasteiger partial charge in [0.05, 0.1) is 16.4 Å². The number of carbonyl (C=O) groups excluding carboxylic acids is 2. The SMILES string of the molecule is Cn1nc(C(=O)NNC(=O)c2ccc(-n3cnc4ccccc43)cc2)c2ccccc2c1=O. The molecule has 0 aliphatic rings. The van der Waals surface area contributed by atoms with Gasteiger partial charge in [0.15, 0.2) is 5.69 Å². The van der Waals surface area contributed by atoms with Gasteiger partial charge in [0.1, 0.15) is 6.33 Å². The van der Waals surface area contributed by atoms with Crippen molar-refractivity contribution in [2.75, 3.05) is 0 Å². The molecule has 0 saturated heterocycles. The number of aromatic nitrogens is 4. The number of hydrazine groups is 1. The quantitative estimate of drug-likeness (QED) is 0.420. The summed E-state index contributed by atoms with van der Waals surface area (Å²) in [7, 11) is 1.47. The van der Waals surface area contributed by atoms with Crippen molar-refractivity contribution in [1.29, 1.82) is 0 Å². The lowest BCUT2D eigenvalue weighted by Crippen LogP contribution is -2.42. The molecule has 5 rings (SSSR count). The first-order chi connectivity index (χ1) is 16.0. The Bertz CT molecular complexity index is 1580. The molecule has 0 aliphatic carbocycles. The lowest BCUT2D eigenvalue weighted by atomic mass is 10.1. The van der Waals surface area contributed by atoms with Crippen molar-refractivity contribution in [3.8, 4) is 5.69 Å². The van der Waals surface area contributed by atoms with E-state index in [1.54, 1.807) is 54.9 Å². The van der Waals surface area contributed by atoms with Crippen LogP contribution in [0, 0.1) is 0 Å². The summed E-state index contributed by atoms with van der Waals surface area (Å²) in [5, 5.41) is 4.82. The number of nitrogens with zero attached hydrogens (tertiary/aromatic N) is 4. The van der Waals surface area contributed by atoms with E-state index in [2.05, 4.69) is 20.9 Å². The molecule has 5 aromatic rings. The molecule has 2 N–H and O–H groups in total. The Morgan fingerprint density at radius 1 is 0.818 bits per heavy atom. The first-order valence-corrected chi connectivity index (χ1v) is 10.1. The van der Waals surface area contributed by atoms with Crippen LogP contribution in [-0.4, -0.2) is 31.1 Å². The second-order valence-electron chi connectivity index (χ2n) is 7.38. The number of amides is 2. The number of fused-ring (bicyclic) bond motifs is 2. The van der Waals surface area contributed by atoms with Gasteiger partial charge < -0.3 is 0 Å². The Kier molecular flexibility index (Phi) is 4.91. The smallest absolute Gasteiger partial charge is 0.290 e. The minimum absolute atomic E-state index is 0.0373. The molecule has 9 nitrogen and oxygen atoms in total. The van der Waals surface area contributed by atoms with Crippen LogP contribution in [0.1, 0.15) is 20.8 Å². The van der Waals surface area contributed by atoms with Gasteiger partial charge in [-0.1, -0.05) is 30.3 Å². The lowest BCUT2D eigenvalue weighted by Gasteiger charge is -2.10. The topological polar surface area (TPSA) is 111 Å². The van der Waals surface area contributed by atoms with E-state index in [1.165, 1.54) is 7.05 Å². The van der Waals surface area contributed by atoms with Crippen molar-refractivity contribution in [3.63, 3.8) is 0 Å². The number of hydrogen-bond donors (Lipinski definition) is 2. The summed E-state index contributed by atoms with van der Waals surface area (Å²) in [6.07, 6.45) is 1.73. The number of aryl methyl sites for hydroxylation is 1. The fourth-order valence-electron chi connectivity index (χ4n) is 3.65. The predicted molar refractivity (Wildman–Crippen MR) is 123 cm³/mol. The maximum atomic E-state index is 12.7. The van der Waals surface area contributed by atoms with Crippen molar-refractivity contribution < 1.29 is 9.59 Å². The molecule has 0 spiro atoms. The van der Waals surface area contributed by atoms with Gasteiger partial charge in [0, 0.05) is 23.7 Å². The van der Waals surface area contributed by atoms with Crippen LogP contribution < -0.4 is 16.4 Å². The maximum Gasteiger partial charge on any atom is 0.290 e. The summed E-state index contributed by atoms with van der Waals surface area (Å²) in [4.78, 5) is 41.8. The van der Waals surface area contributed by atoms with E-state index in [0.717, 1.165) is 21.4 Å². The molecule has 2 aromatic heterocycles. The molecular weight excluding hydrogens is 420 g/mol. The zero-order valence-electron chi connectivity index (χ0n) is 17.5. The molecule has 2 heterocycles. The van der Waals surface area contributed by atoms with Gasteiger partial charge in [-0.2, -0.15) is 5.10 Å². The van der Waals surface area contributed by atoms with Crippen LogP contribution in [0.2, 0.25) is 0 Å².